The second-order valence-corrected chi connectivity index (χ2v) is 9.03. The molecule has 0 radical (unpaired) electrons. The monoisotopic (exact) mass is 390 g/mol. The van der Waals surface area contributed by atoms with E-state index >= 15 is 4.39 Å². The number of unbranched alkanes of at least 4 members (excludes halogenated alkanes) is 3. The molecule has 4 aliphatic rings. The van der Waals surface area contributed by atoms with Crippen LogP contribution in [-0.4, -0.2) is 27.6 Å². The molecule has 1 N–H and O–H groups in total. The molecular formula is C18H27FO6S. The van der Waals surface area contributed by atoms with Crippen LogP contribution in [0.5, 0.6) is 0 Å². The molecule has 26 heavy (non-hydrogen) atoms. The van der Waals surface area contributed by atoms with Crippen molar-refractivity contribution in [3.05, 3.63) is 0 Å². The second-order valence-electron chi connectivity index (χ2n) is 8.08. The summed E-state index contributed by atoms with van der Waals surface area (Å²) in [6, 6.07) is 0. The zero-order valence-corrected chi connectivity index (χ0v) is 15.9. The topological polar surface area (TPSA) is 82.1 Å². The molecule has 4 aliphatic carbocycles. The van der Waals surface area contributed by atoms with E-state index in [1.165, 1.54) is 0 Å². The third-order valence-corrected chi connectivity index (χ3v) is 6.86. The van der Waals surface area contributed by atoms with E-state index in [0.29, 0.717) is 31.6 Å². The van der Waals surface area contributed by atoms with E-state index in [1.807, 2.05) is 6.92 Å². The van der Waals surface area contributed by atoms with Crippen molar-refractivity contribution in [3.8, 4) is 0 Å². The Balaban J connectivity index is 1.66. The molecule has 0 saturated heterocycles. The first-order valence-electron chi connectivity index (χ1n) is 9.53. The molecule has 0 aromatic carbocycles. The van der Waals surface area contributed by atoms with Crippen molar-refractivity contribution in [3.63, 3.8) is 0 Å². The van der Waals surface area contributed by atoms with E-state index in [-0.39, 0.29) is 36.1 Å². The molecular weight excluding hydrogens is 363 g/mol. The predicted octanol–water partition coefficient (Wildman–Crippen LogP) is 4.38. The highest BCUT2D eigenvalue weighted by Crippen LogP contribution is 2.56. The number of halogens is 1. The Morgan fingerprint density at radius 1 is 1.27 bits per heavy atom. The quantitative estimate of drug-likeness (QED) is 0.195. The van der Waals surface area contributed by atoms with Crippen molar-refractivity contribution in [2.24, 2.45) is 17.8 Å². The van der Waals surface area contributed by atoms with Crippen LogP contribution >= 0.6 is 12.0 Å². The minimum atomic E-state index is -2.44. The average molecular weight is 390 g/mol. The van der Waals surface area contributed by atoms with Crippen LogP contribution in [0.1, 0.15) is 71.1 Å². The molecule has 0 heterocycles. The standard InChI is InChI=1S/C18H27FO6S/c1-2-3-4-5-6-18(19,26-25-24-22)16(21)23-17-9-12-7-13(10-17)15(20)14(8-12)11-17/h12-14,22H,2-11H2,1H3. The van der Waals surface area contributed by atoms with Gasteiger partial charge in [0.1, 0.15) is 11.4 Å². The lowest BCUT2D eigenvalue weighted by molar-refractivity contribution is -0.432. The van der Waals surface area contributed by atoms with Crippen molar-refractivity contribution in [1.82, 2.24) is 0 Å². The number of hydrogen-bond donors (Lipinski definition) is 1. The number of ketones is 1. The van der Waals surface area contributed by atoms with Crippen LogP contribution in [-0.2, 0) is 23.7 Å². The number of hydrogen-bond acceptors (Lipinski definition) is 7. The highest BCUT2D eigenvalue weighted by Gasteiger charge is 2.58. The zero-order valence-electron chi connectivity index (χ0n) is 15.1. The first-order valence-corrected chi connectivity index (χ1v) is 10.3. The fraction of sp³-hybridized carbons (Fsp3) is 0.889. The Morgan fingerprint density at radius 3 is 2.58 bits per heavy atom. The number of rotatable bonds is 10. The number of carbonyl (C=O) groups excluding carboxylic acids is 2. The highest BCUT2D eigenvalue weighted by molar-refractivity contribution is 7.96. The third kappa shape index (κ3) is 4.08. The van der Waals surface area contributed by atoms with E-state index in [1.54, 1.807) is 0 Å². The van der Waals surface area contributed by atoms with Crippen molar-refractivity contribution in [1.29, 1.82) is 0 Å². The van der Waals surface area contributed by atoms with Crippen LogP contribution < -0.4 is 0 Å². The van der Waals surface area contributed by atoms with Crippen molar-refractivity contribution in [2.75, 3.05) is 0 Å². The summed E-state index contributed by atoms with van der Waals surface area (Å²) in [5.41, 5.74) is -0.733. The summed E-state index contributed by atoms with van der Waals surface area (Å²) >= 11 is 0.139. The fourth-order valence-electron chi connectivity index (χ4n) is 5.10. The predicted molar refractivity (Wildman–Crippen MR) is 92.4 cm³/mol. The van der Waals surface area contributed by atoms with Crippen molar-refractivity contribution in [2.45, 2.75) is 81.7 Å². The number of alkyl halides is 1. The molecule has 4 saturated carbocycles. The summed E-state index contributed by atoms with van der Waals surface area (Å²) < 4.78 is 25.2. The van der Waals surface area contributed by atoms with Gasteiger partial charge in [0.2, 0.25) is 0 Å². The smallest absolute Gasteiger partial charge is 0.357 e. The minimum absolute atomic E-state index is 0.0581. The lowest BCUT2D eigenvalue weighted by Crippen LogP contribution is -2.58. The van der Waals surface area contributed by atoms with Gasteiger partial charge in [-0.2, -0.15) is 0 Å². The molecule has 0 aromatic heterocycles. The van der Waals surface area contributed by atoms with E-state index in [9.17, 15) is 9.59 Å². The molecule has 4 fully saturated rings. The summed E-state index contributed by atoms with van der Waals surface area (Å²) in [5, 5.41) is 9.41. The minimum Gasteiger partial charge on any atom is -0.456 e. The molecule has 4 bridgehead atoms. The molecule has 148 valence electrons. The van der Waals surface area contributed by atoms with Gasteiger partial charge < -0.3 is 4.74 Å². The molecule has 3 unspecified atom stereocenters. The van der Waals surface area contributed by atoms with Gasteiger partial charge in [0.15, 0.2) is 0 Å². The summed E-state index contributed by atoms with van der Waals surface area (Å²) in [7, 11) is 0. The largest absolute Gasteiger partial charge is 0.456 e. The number of carbonyl (C=O) groups is 2. The summed E-state index contributed by atoms with van der Waals surface area (Å²) in [4.78, 5) is 24.9. The van der Waals surface area contributed by atoms with E-state index < -0.39 is 16.6 Å². The summed E-state index contributed by atoms with van der Waals surface area (Å²) in [5.74, 6) is -0.452. The van der Waals surface area contributed by atoms with Gasteiger partial charge in [0, 0.05) is 18.3 Å². The van der Waals surface area contributed by atoms with Crippen LogP contribution in [0, 0.1) is 17.8 Å². The van der Waals surface area contributed by atoms with Gasteiger partial charge in [-0.25, -0.2) is 14.4 Å². The molecule has 8 heteroatoms. The van der Waals surface area contributed by atoms with E-state index in [2.05, 4.69) is 9.37 Å². The van der Waals surface area contributed by atoms with Gasteiger partial charge in [-0.05, 0) is 44.4 Å². The van der Waals surface area contributed by atoms with Gasteiger partial charge in [-0.3, -0.25) is 4.79 Å². The molecule has 4 rings (SSSR count). The molecule has 0 aromatic rings. The first-order chi connectivity index (χ1) is 12.4. The molecule has 0 spiro atoms. The fourth-order valence-corrected chi connectivity index (χ4v) is 5.57. The lowest BCUT2D eigenvalue weighted by atomic mass is 9.53. The van der Waals surface area contributed by atoms with Gasteiger partial charge in [0.05, 0.1) is 12.0 Å². The molecule has 0 aliphatic heterocycles. The Hall–Kier alpha value is -0.700. The van der Waals surface area contributed by atoms with Crippen LogP contribution in [0.2, 0.25) is 0 Å². The van der Waals surface area contributed by atoms with E-state index in [0.717, 1.165) is 32.1 Å². The van der Waals surface area contributed by atoms with Crippen LogP contribution in [0.3, 0.4) is 0 Å². The Labute approximate surface area is 157 Å². The maximum atomic E-state index is 15.3. The lowest BCUT2D eigenvalue weighted by Gasteiger charge is -2.54. The van der Waals surface area contributed by atoms with E-state index in [4.69, 9.17) is 9.99 Å². The molecule has 3 atom stereocenters. The van der Waals surface area contributed by atoms with Crippen LogP contribution in [0.4, 0.5) is 4.39 Å². The zero-order chi connectivity index (χ0) is 18.8. The Kier molecular flexibility index (Phi) is 6.26. The number of esters is 1. The third-order valence-electron chi connectivity index (χ3n) is 6.10. The van der Waals surface area contributed by atoms with Crippen molar-refractivity contribution < 1.29 is 33.3 Å². The van der Waals surface area contributed by atoms with Crippen LogP contribution in [0.25, 0.3) is 0 Å². The number of Topliss-reactive ketones (excluding diaryl/α,β-unsaturated/α-hetero) is 1. The molecule has 0 amide bonds. The van der Waals surface area contributed by atoms with Crippen molar-refractivity contribution >= 4 is 23.8 Å². The maximum absolute atomic E-state index is 15.3. The van der Waals surface area contributed by atoms with Gasteiger partial charge in [-0.15, -0.1) is 4.33 Å². The SMILES string of the molecule is CCCCCCC(F)(SOOO)C(=O)OC12CC3CC(C1)C(=O)C(C3)C2. The summed E-state index contributed by atoms with van der Waals surface area (Å²) in [6.45, 7) is 2.04. The van der Waals surface area contributed by atoms with Gasteiger partial charge in [0.25, 0.3) is 5.00 Å². The maximum Gasteiger partial charge on any atom is 0.357 e. The van der Waals surface area contributed by atoms with Crippen LogP contribution in [0.15, 0.2) is 0 Å². The number of ether oxygens (including phenoxy) is 1. The Morgan fingerprint density at radius 2 is 1.96 bits per heavy atom. The average Bonchev–Trinajstić information content (AvgIpc) is 2.60. The first kappa shape index (κ1) is 20.0. The normalized spacial score (nSPS) is 34.7. The Bertz CT molecular complexity index is 526. The van der Waals surface area contributed by atoms with Gasteiger partial charge >= 0.3 is 5.97 Å². The second kappa shape index (κ2) is 8.12. The summed E-state index contributed by atoms with van der Waals surface area (Å²) in [6.07, 6.45) is 6.58. The van der Waals surface area contributed by atoms with Gasteiger partial charge in [-0.1, -0.05) is 31.2 Å². The highest BCUT2D eigenvalue weighted by atomic mass is 32.2. The molecule has 6 nitrogen and oxygen atoms in total.